The fourth-order valence-electron chi connectivity index (χ4n) is 2.72. The number of amides is 1. The van der Waals surface area contributed by atoms with Crippen molar-refractivity contribution in [3.05, 3.63) is 18.3 Å². The molecule has 7 heteroatoms. The Hall–Kier alpha value is -1.76. The smallest absolute Gasteiger partial charge is 0.239 e. The van der Waals surface area contributed by atoms with E-state index in [9.17, 15) is 9.18 Å². The van der Waals surface area contributed by atoms with Gasteiger partial charge < -0.3 is 15.1 Å². The van der Waals surface area contributed by atoms with Crippen LogP contribution in [0.15, 0.2) is 18.3 Å². The van der Waals surface area contributed by atoms with Crippen LogP contribution in [-0.2, 0) is 4.79 Å². The molecule has 108 valence electrons. The van der Waals surface area contributed by atoms with Gasteiger partial charge in [0.15, 0.2) is 5.82 Å². The molecule has 2 atom stereocenters. The average Bonchev–Trinajstić information content (AvgIpc) is 2.94. The van der Waals surface area contributed by atoms with Gasteiger partial charge in [0.2, 0.25) is 5.91 Å². The largest absolute Gasteiger partial charge is 0.352 e. The number of hydrogen-bond acceptors (Lipinski definition) is 5. The summed E-state index contributed by atoms with van der Waals surface area (Å²) in [6, 6.07) is 3.41. The Kier molecular flexibility index (Phi) is 3.77. The lowest BCUT2D eigenvalue weighted by molar-refractivity contribution is -0.133. The van der Waals surface area contributed by atoms with E-state index in [0.717, 1.165) is 18.9 Å². The van der Waals surface area contributed by atoms with Crippen molar-refractivity contribution in [3.8, 4) is 0 Å². The highest BCUT2D eigenvalue weighted by atomic mass is 19.1. The summed E-state index contributed by atoms with van der Waals surface area (Å²) in [7, 11) is 0. The molecule has 2 aliphatic heterocycles. The number of carbonyl (C=O) groups excluding carboxylic acids is 1. The molecule has 1 N–H and O–H groups in total. The number of anilines is 1. The number of alkyl halides is 1. The standard InChI is InChI=1S/C13H18FN5O/c14-10-8-11(15-9-10)13(20)19-6-4-18(5-7-19)12-2-1-3-16-17-12/h1-3,10-11,15H,4-9H2/t10-,11+/m0/s1. The molecule has 6 nitrogen and oxygen atoms in total. The van der Waals surface area contributed by atoms with E-state index in [0.29, 0.717) is 19.5 Å². The van der Waals surface area contributed by atoms with Crippen molar-refractivity contribution >= 4 is 11.7 Å². The molecule has 0 unspecified atom stereocenters. The van der Waals surface area contributed by atoms with E-state index in [-0.39, 0.29) is 18.5 Å². The van der Waals surface area contributed by atoms with Gasteiger partial charge in [-0.05, 0) is 12.1 Å². The maximum Gasteiger partial charge on any atom is 0.239 e. The fourth-order valence-corrected chi connectivity index (χ4v) is 2.72. The molecular formula is C13H18FN5O. The summed E-state index contributed by atoms with van der Waals surface area (Å²) >= 11 is 0. The monoisotopic (exact) mass is 279 g/mol. The quantitative estimate of drug-likeness (QED) is 0.814. The van der Waals surface area contributed by atoms with E-state index >= 15 is 0 Å². The third-order valence-corrected chi connectivity index (χ3v) is 3.85. The molecule has 0 aliphatic carbocycles. The molecule has 3 heterocycles. The lowest BCUT2D eigenvalue weighted by Crippen LogP contribution is -2.53. The van der Waals surface area contributed by atoms with Gasteiger partial charge in [-0.15, -0.1) is 5.10 Å². The molecule has 20 heavy (non-hydrogen) atoms. The van der Waals surface area contributed by atoms with Crippen LogP contribution in [0, 0.1) is 0 Å². The van der Waals surface area contributed by atoms with Crippen LogP contribution in [0.5, 0.6) is 0 Å². The topological polar surface area (TPSA) is 61.4 Å². The summed E-state index contributed by atoms with van der Waals surface area (Å²) in [5.41, 5.74) is 0. The Labute approximate surface area is 117 Å². The van der Waals surface area contributed by atoms with Crippen LogP contribution in [-0.4, -0.2) is 65.9 Å². The first-order chi connectivity index (χ1) is 9.74. The van der Waals surface area contributed by atoms with Crippen molar-refractivity contribution in [3.63, 3.8) is 0 Å². The van der Waals surface area contributed by atoms with Crippen LogP contribution in [0.4, 0.5) is 10.2 Å². The van der Waals surface area contributed by atoms with Gasteiger partial charge in [0.25, 0.3) is 0 Å². The molecule has 0 aromatic carbocycles. The predicted octanol–water partition coefficient (Wildman–Crippen LogP) is -0.175. The number of rotatable bonds is 2. The first-order valence-electron chi connectivity index (χ1n) is 6.93. The molecular weight excluding hydrogens is 261 g/mol. The van der Waals surface area contributed by atoms with Crippen molar-refractivity contribution in [2.24, 2.45) is 0 Å². The second-order valence-corrected chi connectivity index (χ2v) is 5.19. The average molecular weight is 279 g/mol. The molecule has 3 rings (SSSR count). The Morgan fingerprint density at radius 1 is 1.35 bits per heavy atom. The number of hydrogen-bond donors (Lipinski definition) is 1. The van der Waals surface area contributed by atoms with Crippen molar-refractivity contribution in [2.75, 3.05) is 37.6 Å². The van der Waals surface area contributed by atoms with Crippen molar-refractivity contribution in [1.29, 1.82) is 0 Å². The second-order valence-electron chi connectivity index (χ2n) is 5.19. The zero-order valence-corrected chi connectivity index (χ0v) is 11.2. The molecule has 1 aromatic heterocycles. The molecule has 0 saturated carbocycles. The summed E-state index contributed by atoms with van der Waals surface area (Å²) in [5.74, 6) is 0.853. The van der Waals surface area contributed by atoms with Gasteiger partial charge >= 0.3 is 0 Å². The molecule has 2 aliphatic rings. The van der Waals surface area contributed by atoms with Crippen LogP contribution >= 0.6 is 0 Å². The van der Waals surface area contributed by atoms with E-state index in [2.05, 4.69) is 20.4 Å². The third kappa shape index (κ3) is 2.72. The van der Waals surface area contributed by atoms with Crippen LogP contribution < -0.4 is 10.2 Å². The molecule has 0 bridgehead atoms. The van der Waals surface area contributed by atoms with E-state index in [1.807, 2.05) is 17.0 Å². The summed E-state index contributed by atoms with van der Waals surface area (Å²) < 4.78 is 13.1. The van der Waals surface area contributed by atoms with Gasteiger partial charge in [0, 0.05) is 45.3 Å². The summed E-state index contributed by atoms with van der Waals surface area (Å²) in [4.78, 5) is 16.2. The zero-order valence-electron chi connectivity index (χ0n) is 11.2. The minimum absolute atomic E-state index is 0.0175. The Bertz CT molecular complexity index is 463. The van der Waals surface area contributed by atoms with Crippen LogP contribution in [0.3, 0.4) is 0 Å². The van der Waals surface area contributed by atoms with Gasteiger partial charge in [-0.25, -0.2) is 4.39 Å². The highest BCUT2D eigenvalue weighted by molar-refractivity contribution is 5.82. The van der Waals surface area contributed by atoms with Gasteiger partial charge in [-0.3, -0.25) is 4.79 Å². The summed E-state index contributed by atoms with van der Waals surface area (Å²) in [6.45, 7) is 3.04. The first-order valence-corrected chi connectivity index (χ1v) is 6.93. The number of carbonyl (C=O) groups is 1. The minimum atomic E-state index is -0.898. The van der Waals surface area contributed by atoms with Gasteiger partial charge in [0.05, 0.1) is 6.04 Å². The predicted molar refractivity (Wildman–Crippen MR) is 72.1 cm³/mol. The number of halogens is 1. The summed E-state index contributed by atoms with van der Waals surface area (Å²) in [6.07, 6.45) is 1.04. The summed E-state index contributed by atoms with van der Waals surface area (Å²) in [5, 5.41) is 10.9. The number of nitrogens with zero attached hydrogens (tertiary/aromatic N) is 4. The normalized spacial score (nSPS) is 26.9. The molecule has 1 amide bonds. The molecule has 2 fully saturated rings. The maximum absolute atomic E-state index is 13.1. The van der Waals surface area contributed by atoms with Crippen molar-refractivity contribution < 1.29 is 9.18 Å². The number of aromatic nitrogens is 2. The Morgan fingerprint density at radius 3 is 2.75 bits per heavy atom. The first kappa shape index (κ1) is 13.2. The second kappa shape index (κ2) is 5.70. The molecule has 0 spiro atoms. The van der Waals surface area contributed by atoms with Gasteiger partial charge in [0.1, 0.15) is 6.17 Å². The molecule has 1 aromatic rings. The minimum Gasteiger partial charge on any atom is -0.352 e. The van der Waals surface area contributed by atoms with E-state index < -0.39 is 6.17 Å². The number of piperazine rings is 1. The van der Waals surface area contributed by atoms with Gasteiger partial charge in [-0.2, -0.15) is 5.10 Å². The van der Waals surface area contributed by atoms with E-state index in [4.69, 9.17) is 0 Å². The maximum atomic E-state index is 13.1. The highest BCUT2D eigenvalue weighted by Crippen LogP contribution is 2.16. The van der Waals surface area contributed by atoms with Crippen LogP contribution in [0.2, 0.25) is 0 Å². The molecule has 2 saturated heterocycles. The lowest BCUT2D eigenvalue weighted by atomic mass is 10.1. The van der Waals surface area contributed by atoms with Crippen molar-refractivity contribution in [1.82, 2.24) is 20.4 Å². The Morgan fingerprint density at radius 2 is 2.15 bits per heavy atom. The number of nitrogens with one attached hydrogen (secondary N) is 1. The zero-order chi connectivity index (χ0) is 13.9. The highest BCUT2D eigenvalue weighted by Gasteiger charge is 2.33. The van der Waals surface area contributed by atoms with E-state index in [1.54, 1.807) is 6.20 Å². The van der Waals surface area contributed by atoms with Crippen LogP contribution in [0.25, 0.3) is 0 Å². The fraction of sp³-hybridized carbons (Fsp3) is 0.615. The lowest BCUT2D eigenvalue weighted by Gasteiger charge is -2.36. The molecule has 0 radical (unpaired) electrons. The Balaban J connectivity index is 1.55. The SMILES string of the molecule is O=C([C@H]1C[C@H](F)CN1)N1CCN(c2cccnn2)CC1. The van der Waals surface area contributed by atoms with Crippen molar-refractivity contribution in [2.45, 2.75) is 18.6 Å². The van der Waals surface area contributed by atoms with Crippen LogP contribution in [0.1, 0.15) is 6.42 Å². The van der Waals surface area contributed by atoms with E-state index in [1.165, 1.54) is 0 Å². The van der Waals surface area contributed by atoms with Gasteiger partial charge in [-0.1, -0.05) is 0 Å². The third-order valence-electron chi connectivity index (χ3n) is 3.85.